The van der Waals surface area contributed by atoms with Gasteiger partial charge in [0.25, 0.3) is 0 Å². The molecular formula is C22H28N6O2. The number of rotatable bonds is 3. The molecule has 1 aromatic carbocycles. The van der Waals surface area contributed by atoms with Crippen molar-refractivity contribution < 1.29 is 9.47 Å². The molecule has 0 amide bonds. The van der Waals surface area contributed by atoms with Crippen LogP contribution >= 0.6 is 0 Å². The van der Waals surface area contributed by atoms with E-state index in [1.807, 2.05) is 30.7 Å². The van der Waals surface area contributed by atoms with Crippen molar-refractivity contribution in [1.29, 1.82) is 0 Å². The fourth-order valence-electron chi connectivity index (χ4n) is 3.46. The molecule has 158 valence electrons. The molecule has 3 heterocycles. The molecule has 8 nitrogen and oxygen atoms in total. The van der Waals surface area contributed by atoms with Crippen LogP contribution in [0.1, 0.15) is 37.6 Å². The summed E-state index contributed by atoms with van der Waals surface area (Å²) in [5.41, 5.74) is 8.19. The van der Waals surface area contributed by atoms with Crippen LogP contribution in [0, 0.1) is 11.8 Å². The highest BCUT2D eigenvalue weighted by Crippen LogP contribution is 2.28. The third-order valence-electron chi connectivity index (χ3n) is 4.91. The topological polar surface area (TPSA) is 91.3 Å². The lowest BCUT2D eigenvalue weighted by Crippen LogP contribution is -2.17. The summed E-state index contributed by atoms with van der Waals surface area (Å²) in [6, 6.07) is 5.74. The van der Waals surface area contributed by atoms with Crippen LogP contribution in [0.3, 0.4) is 0 Å². The van der Waals surface area contributed by atoms with E-state index in [9.17, 15) is 0 Å². The van der Waals surface area contributed by atoms with Gasteiger partial charge in [-0.25, -0.2) is 14.6 Å². The predicted molar refractivity (Wildman–Crippen MR) is 118 cm³/mol. The van der Waals surface area contributed by atoms with Crippen molar-refractivity contribution >= 4 is 16.9 Å². The minimum Gasteiger partial charge on any atom is -0.497 e. The Kier molecular flexibility index (Phi) is 6.75. The third kappa shape index (κ3) is 4.31. The Labute approximate surface area is 177 Å². The Morgan fingerprint density at radius 1 is 1.07 bits per heavy atom. The molecule has 1 saturated heterocycles. The Bertz CT molecular complexity index is 1060. The van der Waals surface area contributed by atoms with Crippen molar-refractivity contribution in [1.82, 2.24) is 24.6 Å². The van der Waals surface area contributed by atoms with Crippen molar-refractivity contribution in [3.05, 3.63) is 35.8 Å². The number of hydrogen-bond donors (Lipinski definition) is 1. The average Bonchev–Trinajstić information content (AvgIpc) is 3.37. The summed E-state index contributed by atoms with van der Waals surface area (Å²) in [4.78, 5) is 10.8. The van der Waals surface area contributed by atoms with E-state index in [2.05, 4.69) is 33.8 Å². The minimum atomic E-state index is 0.245. The fraction of sp³-hybridized carbons (Fsp3) is 0.409. The average molecular weight is 409 g/mol. The van der Waals surface area contributed by atoms with Crippen LogP contribution in [-0.4, -0.2) is 59.0 Å². The van der Waals surface area contributed by atoms with Gasteiger partial charge in [-0.2, -0.15) is 5.10 Å². The largest absolute Gasteiger partial charge is 0.497 e. The molecule has 2 N–H and O–H groups in total. The summed E-state index contributed by atoms with van der Waals surface area (Å²) >= 11 is 0. The number of nitrogen functional groups attached to an aromatic ring is 1. The number of likely N-dealkylation sites (tertiary alicyclic amines) is 1. The zero-order chi connectivity index (χ0) is 21.7. The van der Waals surface area contributed by atoms with Gasteiger partial charge in [-0.05, 0) is 31.5 Å². The van der Waals surface area contributed by atoms with Crippen molar-refractivity contribution in [3.8, 4) is 23.3 Å². The highest BCUT2D eigenvalue weighted by atomic mass is 16.5. The van der Waals surface area contributed by atoms with E-state index in [-0.39, 0.29) is 6.04 Å². The van der Waals surface area contributed by atoms with Crippen molar-refractivity contribution in [2.24, 2.45) is 0 Å². The van der Waals surface area contributed by atoms with Crippen molar-refractivity contribution in [2.75, 3.05) is 40.1 Å². The van der Waals surface area contributed by atoms with Crippen molar-refractivity contribution in [3.63, 3.8) is 0 Å². The van der Waals surface area contributed by atoms with E-state index in [0.717, 1.165) is 30.7 Å². The van der Waals surface area contributed by atoms with Crippen LogP contribution in [0.2, 0.25) is 0 Å². The predicted octanol–water partition coefficient (Wildman–Crippen LogP) is 2.73. The van der Waals surface area contributed by atoms with Crippen LogP contribution < -0.4 is 15.2 Å². The van der Waals surface area contributed by atoms with Crippen LogP contribution in [0.15, 0.2) is 24.5 Å². The molecule has 0 aliphatic carbocycles. The maximum Gasteiger partial charge on any atom is 0.164 e. The van der Waals surface area contributed by atoms with E-state index in [1.54, 1.807) is 20.3 Å². The number of aromatic nitrogens is 4. The molecule has 0 saturated carbocycles. The number of nitrogens with zero attached hydrogens (tertiary/aromatic N) is 5. The number of ether oxygens (including phenoxy) is 2. The van der Waals surface area contributed by atoms with Gasteiger partial charge < -0.3 is 20.1 Å². The number of benzene rings is 1. The van der Waals surface area contributed by atoms with Gasteiger partial charge in [0.2, 0.25) is 0 Å². The van der Waals surface area contributed by atoms with Gasteiger partial charge >= 0.3 is 0 Å². The zero-order valence-electron chi connectivity index (χ0n) is 18.1. The summed E-state index contributed by atoms with van der Waals surface area (Å²) in [5.74, 6) is 8.01. The highest BCUT2D eigenvalue weighted by Gasteiger charge is 2.26. The van der Waals surface area contributed by atoms with E-state index in [4.69, 9.17) is 20.3 Å². The maximum atomic E-state index is 6.13. The number of anilines is 1. The lowest BCUT2D eigenvalue weighted by atomic mass is 10.2. The summed E-state index contributed by atoms with van der Waals surface area (Å²) < 4.78 is 12.6. The van der Waals surface area contributed by atoms with Crippen LogP contribution in [0.5, 0.6) is 11.5 Å². The molecule has 0 spiro atoms. The zero-order valence-corrected chi connectivity index (χ0v) is 18.1. The minimum absolute atomic E-state index is 0.245. The standard InChI is InChI=1S/C20H22N6O2.C2H6/c1-25-7-6-14(11-25)26-20-18(19(21)22-12-23-20)17(24-26)5-4-13-8-15(27-2)10-16(9-13)28-3;1-2/h8-10,12,14H,6-7,11H2,1-3H3,(H2,21,22,23);1-2H3. The molecule has 1 unspecified atom stereocenters. The van der Waals surface area contributed by atoms with E-state index >= 15 is 0 Å². The first-order valence-electron chi connectivity index (χ1n) is 10.0. The van der Waals surface area contributed by atoms with Gasteiger partial charge in [0.15, 0.2) is 5.65 Å². The van der Waals surface area contributed by atoms with Gasteiger partial charge in [-0.1, -0.05) is 19.8 Å². The first-order chi connectivity index (χ1) is 14.6. The normalized spacial score (nSPS) is 15.8. The number of hydrogen-bond acceptors (Lipinski definition) is 7. The van der Waals surface area contributed by atoms with E-state index in [0.29, 0.717) is 28.4 Å². The summed E-state index contributed by atoms with van der Waals surface area (Å²) in [6.07, 6.45) is 2.48. The molecule has 0 radical (unpaired) electrons. The third-order valence-corrected chi connectivity index (χ3v) is 4.91. The molecule has 3 aromatic rings. The van der Waals surface area contributed by atoms with Gasteiger partial charge in [0.05, 0.1) is 25.6 Å². The molecule has 4 rings (SSSR count). The first kappa shape index (κ1) is 21.4. The number of methoxy groups -OCH3 is 2. The highest BCUT2D eigenvalue weighted by molar-refractivity contribution is 5.90. The lowest BCUT2D eigenvalue weighted by molar-refractivity contribution is 0.385. The van der Waals surface area contributed by atoms with Crippen molar-refractivity contribution in [2.45, 2.75) is 26.3 Å². The molecule has 30 heavy (non-hydrogen) atoms. The second-order valence-corrected chi connectivity index (χ2v) is 6.81. The monoisotopic (exact) mass is 408 g/mol. The van der Waals surface area contributed by atoms with Gasteiger partial charge in [-0.3, -0.25) is 0 Å². The molecule has 8 heteroatoms. The number of nitrogens with two attached hydrogens (primary N) is 1. The van der Waals surface area contributed by atoms with Crippen LogP contribution in [-0.2, 0) is 0 Å². The fourth-order valence-corrected chi connectivity index (χ4v) is 3.46. The SMILES string of the molecule is CC.COc1cc(C#Cc2nn(C3CCN(C)C3)c3ncnc(N)c23)cc(OC)c1. The van der Waals surface area contributed by atoms with Gasteiger partial charge in [0, 0.05) is 24.7 Å². The smallest absolute Gasteiger partial charge is 0.164 e. The van der Waals surface area contributed by atoms with Crippen LogP contribution in [0.25, 0.3) is 11.0 Å². The van der Waals surface area contributed by atoms with E-state index in [1.165, 1.54) is 6.33 Å². The molecule has 0 bridgehead atoms. The Morgan fingerprint density at radius 2 is 1.77 bits per heavy atom. The quantitative estimate of drug-likeness (QED) is 0.666. The lowest BCUT2D eigenvalue weighted by Gasteiger charge is -2.11. The molecule has 1 fully saturated rings. The molecule has 1 atom stereocenters. The molecule has 1 aliphatic heterocycles. The Morgan fingerprint density at radius 3 is 2.37 bits per heavy atom. The Hall–Kier alpha value is -3.31. The Balaban J connectivity index is 0.00000124. The van der Waals surface area contributed by atoms with Gasteiger partial charge in [0.1, 0.15) is 29.3 Å². The van der Waals surface area contributed by atoms with Crippen LogP contribution in [0.4, 0.5) is 5.82 Å². The molecular weight excluding hydrogens is 380 g/mol. The number of likely N-dealkylation sites (N-methyl/N-ethyl adjacent to an activating group) is 1. The summed E-state index contributed by atoms with van der Waals surface area (Å²) in [5, 5.41) is 5.43. The first-order valence-corrected chi connectivity index (χ1v) is 10.0. The maximum absolute atomic E-state index is 6.13. The molecule has 2 aromatic heterocycles. The number of fused-ring (bicyclic) bond motifs is 1. The second kappa shape index (κ2) is 9.46. The summed E-state index contributed by atoms with van der Waals surface area (Å²) in [6.45, 7) is 5.94. The van der Waals surface area contributed by atoms with E-state index < -0.39 is 0 Å². The molecule has 1 aliphatic rings. The summed E-state index contributed by atoms with van der Waals surface area (Å²) in [7, 11) is 5.32. The second-order valence-electron chi connectivity index (χ2n) is 6.81. The van der Waals surface area contributed by atoms with Gasteiger partial charge in [-0.15, -0.1) is 0 Å².